The summed E-state index contributed by atoms with van der Waals surface area (Å²) in [6.07, 6.45) is 0.602. The summed E-state index contributed by atoms with van der Waals surface area (Å²) in [5.74, 6) is 0.753. The lowest BCUT2D eigenvalue weighted by Gasteiger charge is -2.23. The van der Waals surface area contributed by atoms with Crippen LogP contribution < -0.4 is 14.8 Å². The monoisotopic (exact) mass is 548 g/mol. The molecular formula is C28H25ClN4O4S. The third-order valence-electron chi connectivity index (χ3n) is 6.24. The van der Waals surface area contributed by atoms with Crippen molar-refractivity contribution in [3.8, 4) is 11.5 Å². The Morgan fingerprint density at radius 3 is 2.50 bits per heavy atom. The number of nitrogens with zero attached hydrogens (tertiary/aromatic N) is 3. The fourth-order valence-corrected chi connectivity index (χ4v) is 5.46. The lowest BCUT2D eigenvalue weighted by atomic mass is 9.98. The van der Waals surface area contributed by atoms with Gasteiger partial charge in [-0.1, -0.05) is 53.7 Å². The fraction of sp³-hybridized carbons (Fsp3) is 0.214. The lowest BCUT2D eigenvalue weighted by molar-refractivity contribution is -0.121. The third kappa shape index (κ3) is 5.69. The molecule has 0 unspecified atom stereocenters. The summed E-state index contributed by atoms with van der Waals surface area (Å²) >= 11 is 7.34. The molecule has 10 heteroatoms. The van der Waals surface area contributed by atoms with Gasteiger partial charge in [0, 0.05) is 29.6 Å². The molecular weight excluding hydrogens is 524 g/mol. The van der Waals surface area contributed by atoms with Gasteiger partial charge in [-0.25, -0.2) is 5.01 Å². The average molecular weight is 549 g/mol. The van der Waals surface area contributed by atoms with Crippen LogP contribution in [0.25, 0.3) is 0 Å². The molecule has 1 N–H and O–H groups in total. The Morgan fingerprint density at radius 1 is 1.05 bits per heavy atom. The van der Waals surface area contributed by atoms with Crippen molar-refractivity contribution >= 4 is 51.7 Å². The molecule has 2 aliphatic heterocycles. The second-order valence-electron chi connectivity index (χ2n) is 8.71. The molecule has 0 saturated heterocycles. The molecule has 3 aromatic rings. The molecule has 38 heavy (non-hydrogen) atoms. The number of methoxy groups -OCH3 is 2. The second-order valence-corrected chi connectivity index (χ2v) is 10.3. The molecule has 3 aromatic carbocycles. The number of hydrogen-bond donors (Lipinski definition) is 1. The summed E-state index contributed by atoms with van der Waals surface area (Å²) in [4.78, 5) is 29.9. The van der Waals surface area contributed by atoms with Crippen LogP contribution in [0.2, 0.25) is 5.02 Å². The van der Waals surface area contributed by atoms with Gasteiger partial charge in [0.1, 0.15) is 16.7 Å². The number of amides is 2. The minimum atomic E-state index is -0.637. The summed E-state index contributed by atoms with van der Waals surface area (Å²) in [6.45, 7) is 0. The van der Waals surface area contributed by atoms with E-state index in [1.165, 1.54) is 11.8 Å². The maximum Gasteiger partial charge on any atom is 0.262 e. The van der Waals surface area contributed by atoms with Gasteiger partial charge in [0.15, 0.2) is 5.17 Å². The van der Waals surface area contributed by atoms with E-state index < -0.39 is 5.25 Å². The number of nitrogens with one attached hydrogen (secondary N) is 1. The van der Waals surface area contributed by atoms with Crippen LogP contribution in [0.5, 0.6) is 11.5 Å². The maximum atomic E-state index is 12.8. The Labute approximate surface area is 229 Å². The van der Waals surface area contributed by atoms with Crippen molar-refractivity contribution in [2.45, 2.75) is 24.1 Å². The minimum Gasteiger partial charge on any atom is -0.497 e. The van der Waals surface area contributed by atoms with E-state index in [0.29, 0.717) is 28.0 Å². The molecule has 0 aromatic heterocycles. The van der Waals surface area contributed by atoms with Crippen molar-refractivity contribution in [2.24, 2.45) is 10.1 Å². The van der Waals surface area contributed by atoms with Crippen LogP contribution in [-0.4, -0.2) is 47.2 Å². The maximum absolute atomic E-state index is 12.8. The molecule has 194 valence electrons. The van der Waals surface area contributed by atoms with E-state index in [9.17, 15) is 9.59 Å². The zero-order valence-electron chi connectivity index (χ0n) is 20.8. The standard InChI is InChI=1S/C28H25ClN4O4S/c1-36-21-12-8-18(9-13-21)24-15-23(17-6-10-19(29)11-7-17)32-33(24)28-31-27(35)25(38-28)16-26(34)30-20-4-3-5-22(14-20)37-2/h3-14,24-25H,15-16H2,1-2H3,(H,30,34)/t24-,25+/m1/s1. The van der Waals surface area contributed by atoms with E-state index in [1.54, 1.807) is 43.5 Å². The van der Waals surface area contributed by atoms with Crippen LogP contribution in [-0.2, 0) is 9.59 Å². The number of amidine groups is 1. The van der Waals surface area contributed by atoms with Crippen LogP contribution in [0.4, 0.5) is 5.69 Å². The highest BCUT2D eigenvalue weighted by molar-refractivity contribution is 8.15. The number of carbonyl (C=O) groups is 2. The van der Waals surface area contributed by atoms with Crippen LogP contribution in [0.3, 0.4) is 0 Å². The lowest BCUT2D eigenvalue weighted by Crippen LogP contribution is -2.25. The third-order valence-corrected chi connectivity index (χ3v) is 7.63. The van der Waals surface area contributed by atoms with Gasteiger partial charge in [-0.2, -0.15) is 10.1 Å². The molecule has 2 aliphatic rings. The highest BCUT2D eigenvalue weighted by Gasteiger charge is 2.39. The van der Waals surface area contributed by atoms with Crippen molar-refractivity contribution in [2.75, 3.05) is 19.5 Å². The van der Waals surface area contributed by atoms with E-state index in [1.807, 2.05) is 48.5 Å². The average Bonchev–Trinajstić information content (AvgIpc) is 3.53. The molecule has 0 fully saturated rings. The van der Waals surface area contributed by atoms with Gasteiger partial charge < -0.3 is 14.8 Å². The van der Waals surface area contributed by atoms with Crippen molar-refractivity contribution in [1.82, 2.24) is 5.01 Å². The number of halogens is 1. The molecule has 0 spiro atoms. The predicted octanol–water partition coefficient (Wildman–Crippen LogP) is 5.54. The van der Waals surface area contributed by atoms with E-state index in [-0.39, 0.29) is 24.3 Å². The van der Waals surface area contributed by atoms with E-state index in [2.05, 4.69) is 10.3 Å². The number of benzene rings is 3. The molecule has 2 heterocycles. The summed E-state index contributed by atoms with van der Waals surface area (Å²) in [6, 6.07) is 22.2. The molecule has 0 aliphatic carbocycles. The number of anilines is 1. The first-order valence-electron chi connectivity index (χ1n) is 11.9. The SMILES string of the molecule is COc1ccc([C@H]2CC(c3ccc(Cl)cc3)=NN2C2=NC(=O)[C@H](CC(=O)Nc3cccc(OC)c3)S2)cc1. The minimum absolute atomic E-state index is 0.0114. The van der Waals surface area contributed by atoms with Crippen LogP contribution in [0.15, 0.2) is 82.9 Å². The Hall–Kier alpha value is -3.82. The summed E-state index contributed by atoms with van der Waals surface area (Å²) in [5.41, 5.74) is 3.41. The molecule has 0 radical (unpaired) electrons. The summed E-state index contributed by atoms with van der Waals surface area (Å²) in [7, 11) is 3.19. The Morgan fingerprint density at radius 2 is 1.79 bits per heavy atom. The molecule has 8 nitrogen and oxygen atoms in total. The van der Waals surface area contributed by atoms with Crippen molar-refractivity contribution in [3.05, 3.63) is 88.9 Å². The molecule has 5 rings (SSSR count). The van der Waals surface area contributed by atoms with E-state index >= 15 is 0 Å². The number of thioether (sulfide) groups is 1. The Kier molecular flexibility index (Phi) is 7.67. The molecule has 2 atom stereocenters. The first kappa shape index (κ1) is 25.8. The Bertz CT molecular complexity index is 1410. The topological polar surface area (TPSA) is 92.6 Å². The fourth-order valence-electron chi connectivity index (χ4n) is 4.27. The van der Waals surface area contributed by atoms with Gasteiger partial charge in [-0.3, -0.25) is 9.59 Å². The van der Waals surface area contributed by atoms with Gasteiger partial charge in [0.05, 0.1) is 26.0 Å². The molecule has 0 saturated carbocycles. The van der Waals surface area contributed by atoms with Crippen LogP contribution in [0, 0.1) is 0 Å². The van der Waals surface area contributed by atoms with Gasteiger partial charge in [-0.15, -0.1) is 0 Å². The summed E-state index contributed by atoms with van der Waals surface area (Å²) < 4.78 is 10.5. The van der Waals surface area contributed by atoms with Crippen molar-refractivity contribution in [1.29, 1.82) is 0 Å². The zero-order chi connectivity index (χ0) is 26.6. The van der Waals surface area contributed by atoms with Gasteiger partial charge >= 0.3 is 0 Å². The first-order valence-corrected chi connectivity index (χ1v) is 13.2. The largest absolute Gasteiger partial charge is 0.497 e. The zero-order valence-corrected chi connectivity index (χ0v) is 22.3. The number of carbonyl (C=O) groups excluding carboxylic acids is 2. The number of rotatable bonds is 7. The molecule has 0 bridgehead atoms. The van der Waals surface area contributed by atoms with Gasteiger partial charge in [0.2, 0.25) is 5.91 Å². The van der Waals surface area contributed by atoms with Gasteiger partial charge in [-0.05, 0) is 47.5 Å². The number of ether oxygens (including phenoxy) is 2. The quantitative estimate of drug-likeness (QED) is 0.417. The predicted molar refractivity (Wildman–Crippen MR) is 150 cm³/mol. The van der Waals surface area contributed by atoms with Crippen molar-refractivity contribution < 1.29 is 19.1 Å². The van der Waals surface area contributed by atoms with Crippen LogP contribution >= 0.6 is 23.4 Å². The number of aliphatic imine (C=N–C) groups is 1. The highest BCUT2D eigenvalue weighted by atomic mass is 35.5. The van der Waals surface area contributed by atoms with Crippen molar-refractivity contribution in [3.63, 3.8) is 0 Å². The number of hydrazone groups is 1. The number of hydrogen-bond acceptors (Lipinski definition) is 7. The smallest absolute Gasteiger partial charge is 0.262 e. The van der Waals surface area contributed by atoms with Gasteiger partial charge in [0.25, 0.3) is 5.91 Å². The normalized spacial score (nSPS) is 18.7. The van der Waals surface area contributed by atoms with E-state index in [0.717, 1.165) is 22.6 Å². The second kappa shape index (κ2) is 11.3. The Balaban J connectivity index is 1.34. The first-order chi connectivity index (χ1) is 18.4. The highest BCUT2D eigenvalue weighted by Crippen LogP contribution is 2.39. The van der Waals surface area contributed by atoms with Crippen LogP contribution in [0.1, 0.15) is 30.0 Å². The van der Waals surface area contributed by atoms with E-state index in [4.69, 9.17) is 26.2 Å². The molecule has 2 amide bonds. The summed E-state index contributed by atoms with van der Waals surface area (Å²) in [5, 5.41) is 9.96.